The van der Waals surface area contributed by atoms with Crippen LogP contribution in [0.4, 0.5) is 5.69 Å². The van der Waals surface area contributed by atoms with Gasteiger partial charge in [-0.05, 0) is 24.1 Å². The van der Waals surface area contributed by atoms with Crippen LogP contribution in [0.15, 0.2) is 21.5 Å². The second-order valence-corrected chi connectivity index (χ2v) is 7.74. The maximum Gasteiger partial charge on any atom is 0.242 e. The van der Waals surface area contributed by atoms with Crippen molar-refractivity contribution in [3.05, 3.63) is 22.2 Å². The molecule has 1 aliphatic heterocycles. The van der Waals surface area contributed by atoms with E-state index in [1.807, 2.05) is 6.07 Å². The van der Waals surface area contributed by atoms with E-state index in [0.29, 0.717) is 23.1 Å². The highest BCUT2D eigenvalue weighted by Crippen LogP contribution is 2.37. The number of sulfonamides is 1. The van der Waals surface area contributed by atoms with E-state index in [9.17, 15) is 13.2 Å². The van der Waals surface area contributed by atoms with Crippen LogP contribution < -0.4 is 9.62 Å². The van der Waals surface area contributed by atoms with Crippen molar-refractivity contribution in [2.75, 3.05) is 32.2 Å². The molecule has 7 nitrogen and oxygen atoms in total. The lowest BCUT2D eigenvalue weighted by Gasteiger charge is -2.20. The third-order valence-electron chi connectivity index (χ3n) is 3.63. The number of benzene rings is 1. The van der Waals surface area contributed by atoms with E-state index in [2.05, 4.69) is 20.7 Å². The summed E-state index contributed by atoms with van der Waals surface area (Å²) in [5.41, 5.74) is 1.27. The van der Waals surface area contributed by atoms with Crippen molar-refractivity contribution >= 4 is 37.5 Å². The predicted molar refractivity (Wildman–Crippen MR) is 88.9 cm³/mol. The van der Waals surface area contributed by atoms with Gasteiger partial charge in [0.05, 0.1) is 12.2 Å². The van der Waals surface area contributed by atoms with Crippen LogP contribution in [-0.2, 0) is 30.7 Å². The number of methoxy groups -OCH3 is 2. The van der Waals surface area contributed by atoms with E-state index >= 15 is 0 Å². The van der Waals surface area contributed by atoms with Crippen LogP contribution in [-0.4, -0.2) is 47.9 Å². The first kappa shape index (κ1) is 18.3. The number of carbonyl (C=O) groups excluding carboxylic acids is 1. The number of nitrogens with zero attached hydrogens (tertiary/aromatic N) is 1. The normalized spacial score (nSPS) is 14.4. The Kier molecular flexibility index (Phi) is 5.79. The largest absolute Gasteiger partial charge is 0.355 e. The Morgan fingerprint density at radius 2 is 2.04 bits per heavy atom. The summed E-state index contributed by atoms with van der Waals surface area (Å²) in [6.07, 6.45) is -0.0655. The van der Waals surface area contributed by atoms with Crippen molar-refractivity contribution < 1.29 is 22.7 Å². The minimum Gasteiger partial charge on any atom is -0.355 e. The molecule has 9 heteroatoms. The lowest BCUT2D eigenvalue weighted by molar-refractivity contribution is -0.116. The molecule has 1 heterocycles. The molecule has 1 amide bonds. The Morgan fingerprint density at radius 3 is 2.61 bits per heavy atom. The molecule has 0 fully saturated rings. The molecule has 0 spiro atoms. The number of halogens is 1. The van der Waals surface area contributed by atoms with E-state index in [1.54, 1.807) is 0 Å². The molecule has 1 aromatic rings. The molecule has 23 heavy (non-hydrogen) atoms. The monoisotopic (exact) mass is 406 g/mol. The molecule has 0 aromatic heterocycles. The van der Waals surface area contributed by atoms with Crippen molar-refractivity contribution in [1.29, 1.82) is 0 Å². The number of nitrogens with one attached hydrogen (secondary N) is 1. The summed E-state index contributed by atoms with van der Waals surface area (Å²) in [6, 6.07) is 3.33. The summed E-state index contributed by atoms with van der Waals surface area (Å²) >= 11 is 3.33. The van der Waals surface area contributed by atoms with Gasteiger partial charge in [0.2, 0.25) is 15.9 Å². The Hall–Kier alpha value is -1.00. The van der Waals surface area contributed by atoms with E-state index in [-0.39, 0.29) is 17.3 Å². The molecule has 0 radical (unpaired) electrons. The van der Waals surface area contributed by atoms with Crippen molar-refractivity contribution in [3.8, 4) is 0 Å². The van der Waals surface area contributed by atoms with Gasteiger partial charge in [-0.3, -0.25) is 4.79 Å². The highest BCUT2D eigenvalue weighted by atomic mass is 79.9. The van der Waals surface area contributed by atoms with Gasteiger partial charge in [0.25, 0.3) is 0 Å². The maximum atomic E-state index is 12.7. The molecule has 2 rings (SSSR count). The van der Waals surface area contributed by atoms with Crippen molar-refractivity contribution in [1.82, 2.24) is 4.72 Å². The van der Waals surface area contributed by atoms with Gasteiger partial charge in [0.1, 0.15) is 4.90 Å². The molecular weight excluding hydrogens is 388 g/mol. The second kappa shape index (κ2) is 7.27. The highest BCUT2D eigenvalue weighted by Gasteiger charge is 2.31. The van der Waals surface area contributed by atoms with Gasteiger partial charge in [0, 0.05) is 32.2 Å². The zero-order chi connectivity index (χ0) is 17.2. The number of amides is 1. The first-order valence-electron chi connectivity index (χ1n) is 6.96. The van der Waals surface area contributed by atoms with Crippen molar-refractivity contribution in [3.63, 3.8) is 0 Å². The topological polar surface area (TPSA) is 84.9 Å². The van der Waals surface area contributed by atoms with E-state index < -0.39 is 16.3 Å². The molecule has 1 aliphatic rings. The van der Waals surface area contributed by atoms with Crippen LogP contribution in [0, 0.1) is 0 Å². The Bertz CT molecular complexity index is 703. The summed E-state index contributed by atoms with van der Waals surface area (Å²) in [5, 5.41) is 0. The summed E-state index contributed by atoms with van der Waals surface area (Å²) in [7, 11) is -0.969. The number of hydrogen-bond donors (Lipinski definition) is 1. The van der Waals surface area contributed by atoms with Gasteiger partial charge in [0.15, 0.2) is 6.29 Å². The number of ether oxygens (including phenoxy) is 2. The summed E-state index contributed by atoms with van der Waals surface area (Å²) in [5.74, 6) is -0.186. The number of fused-ring (bicyclic) bond motifs is 1. The molecule has 0 aliphatic carbocycles. The van der Waals surface area contributed by atoms with Crippen molar-refractivity contribution in [2.45, 2.75) is 24.5 Å². The molecule has 1 N–H and O–H groups in total. The summed E-state index contributed by atoms with van der Waals surface area (Å²) < 4.78 is 38.4. The lowest BCUT2D eigenvalue weighted by Crippen LogP contribution is -2.35. The van der Waals surface area contributed by atoms with Crippen LogP contribution in [0.5, 0.6) is 0 Å². The molecular formula is C14H19BrN2O5S. The Labute approximate surface area is 144 Å². The Balaban J connectivity index is 2.41. The fourth-order valence-corrected chi connectivity index (χ4v) is 4.45. The average Bonchev–Trinajstić information content (AvgIpc) is 2.91. The van der Waals surface area contributed by atoms with Crippen LogP contribution in [0.3, 0.4) is 0 Å². The Morgan fingerprint density at radius 1 is 1.39 bits per heavy atom. The number of carbonyl (C=O) groups is 1. The van der Waals surface area contributed by atoms with E-state index in [4.69, 9.17) is 9.47 Å². The minimum atomic E-state index is -3.82. The lowest BCUT2D eigenvalue weighted by atomic mass is 10.2. The van der Waals surface area contributed by atoms with Gasteiger partial charge in [-0.25, -0.2) is 13.1 Å². The van der Waals surface area contributed by atoms with Crippen LogP contribution in [0.2, 0.25) is 0 Å². The van der Waals surface area contributed by atoms with E-state index in [1.165, 1.54) is 32.1 Å². The standard InChI is InChI=1S/C14H19BrN2O5S/c1-9(18)17-5-4-10-6-11(15)7-12(14(10)17)23(19,20)16-8-13(21-2)22-3/h6-7,13,16H,4-5,8H2,1-3H3. The van der Waals surface area contributed by atoms with Gasteiger partial charge in [-0.1, -0.05) is 15.9 Å². The predicted octanol–water partition coefficient (Wildman–Crippen LogP) is 1.26. The van der Waals surface area contributed by atoms with Crippen molar-refractivity contribution in [2.24, 2.45) is 0 Å². The first-order valence-corrected chi connectivity index (χ1v) is 9.23. The van der Waals surface area contributed by atoms with Crippen LogP contribution in [0.1, 0.15) is 12.5 Å². The average molecular weight is 407 g/mol. The molecule has 0 saturated carbocycles. The summed E-state index contributed by atoms with van der Waals surface area (Å²) in [6.45, 7) is 1.87. The third-order valence-corrected chi connectivity index (χ3v) is 5.52. The quantitative estimate of drug-likeness (QED) is 0.718. The zero-order valence-corrected chi connectivity index (χ0v) is 15.5. The number of rotatable bonds is 6. The van der Waals surface area contributed by atoms with Gasteiger partial charge in [-0.2, -0.15) is 0 Å². The number of hydrogen-bond acceptors (Lipinski definition) is 5. The van der Waals surface area contributed by atoms with Crippen LogP contribution in [0.25, 0.3) is 0 Å². The van der Waals surface area contributed by atoms with E-state index in [0.717, 1.165) is 5.56 Å². The fourth-order valence-electron chi connectivity index (χ4n) is 2.51. The third kappa shape index (κ3) is 3.92. The molecule has 1 aromatic carbocycles. The molecule has 0 atom stereocenters. The molecule has 128 valence electrons. The summed E-state index contributed by atoms with van der Waals surface area (Å²) in [4.78, 5) is 13.3. The second-order valence-electron chi connectivity index (χ2n) is 5.09. The van der Waals surface area contributed by atoms with Gasteiger partial charge >= 0.3 is 0 Å². The fraction of sp³-hybridized carbons (Fsp3) is 0.500. The van der Waals surface area contributed by atoms with Gasteiger partial charge < -0.3 is 14.4 Å². The highest BCUT2D eigenvalue weighted by molar-refractivity contribution is 9.10. The smallest absolute Gasteiger partial charge is 0.242 e. The maximum absolute atomic E-state index is 12.7. The molecule has 0 bridgehead atoms. The molecule has 0 saturated heterocycles. The zero-order valence-electron chi connectivity index (χ0n) is 13.1. The molecule has 0 unspecified atom stereocenters. The van der Waals surface area contributed by atoms with Gasteiger partial charge in [-0.15, -0.1) is 0 Å². The SMILES string of the molecule is COC(CNS(=O)(=O)c1cc(Br)cc2c1N(C(C)=O)CC2)OC. The minimum absolute atomic E-state index is 0.0311. The van der Waals surface area contributed by atoms with Crippen LogP contribution >= 0.6 is 15.9 Å². The number of anilines is 1. The first-order chi connectivity index (χ1) is 10.8.